The van der Waals surface area contributed by atoms with Gasteiger partial charge in [0.15, 0.2) is 0 Å². The van der Waals surface area contributed by atoms with E-state index < -0.39 is 11.6 Å². The molecule has 0 saturated carbocycles. The van der Waals surface area contributed by atoms with Gasteiger partial charge in [-0.2, -0.15) is 0 Å². The predicted molar refractivity (Wildman–Crippen MR) is 93.5 cm³/mol. The van der Waals surface area contributed by atoms with Crippen LogP contribution in [0.15, 0.2) is 12.1 Å². The van der Waals surface area contributed by atoms with Gasteiger partial charge in [0.2, 0.25) is 0 Å². The van der Waals surface area contributed by atoms with Gasteiger partial charge in [0.1, 0.15) is 17.3 Å². The van der Waals surface area contributed by atoms with Crippen LogP contribution in [0.1, 0.15) is 12.5 Å². The Kier molecular flexibility index (Phi) is 5.69. The Hall–Kier alpha value is -1.24. The van der Waals surface area contributed by atoms with Crippen LogP contribution in [0, 0.1) is 11.6 Å². The maximum absolute atomic E-state index is 14.6. The maximum Gasteiger partial charge on any atom is 0.149 e. The van der Waals surface area contributed by atoms with Gasteiger partial charge in [-0.3, -0.25) is 4.90 Å². The van der Waals surface area contributed by atoms with E-state index in [1.165, 1.54) is 12.1 Å². The predicted octanol–water partition coefficient (Wildman–Crippen LogP) is 1.85. The molecule has 0 N–H and O–H groups in total. The number of benzene rings is 1. The fourth-order valence-corrected chi connectivity index (χ4v) is 3.56. The average molecular weight is 338 g/mol. The minimum absolute atomic E-state index is 0.146. The summed E-state index contributed by atoms with van der Waals surface area (Å²) in [5.74, 6) is -0.854. The summed E-state index contributed by atoms with van der Waals surface area (Å²) in [7, 11) is 2.10. The molecule has 0 atom stereocenters. The number of anilines is 1. The highest BCUT2D eigenvalue weighted by atomic mass is 19.1. The van der Waals surface area contributed by atoms with Crippen LogP contribution in [0.2, 0.25) is 0 Å². The van der Waals surface area contributed by atoms with Crippen molar-refractivity contribution >= 4 is 5.69 Å². The normalized spacial score (nSPS) is 21.4. The summed E-state index contributed by atoms with van der Waals surface area (Å²) in [6.45, 7) is 10.7. The van der Waals surface area contributed by atoms with Crippen molar-refractivity contribution in [3.8, 4) is 0 Å². The minimum atomic E-state index is -0.427. The third-order valence-electron chi connectivity index (χ3n) is 5.21. The van der Waals surface area contributed by atoms with Crippen molar-refractivity contribution in [1.82, 2.24) is 14.7 Å². The molecule has 0 bridgehead atoms. The summed E-state index contributed by atoms with van der Waals surface area (Å²) in [5, 5.41) is 0. The zero-order chi connectivity index (χ0) is 17.1. The molecule has 6 heteroatoms. The van der Waals surface area contributed by atoms with E-state index in [0.29, 0.717) is 19.6 Å². The summed E-state index contributed by atoms with van der Waals surface area (Å²) in [6, 6.07) is 3.03. The molecule has 2 heterocycles. The number of likely N-dealkylation sites (N-methyl/N-ethyl adjacent to an activating group) is 2. The first-order valence-corrected chi connectivity index (χ1v) is 8.93. The Bertz CT molecular complexity index is 527. The van der Waals surface area contributed by atoms with Crippen LogP contribution >= 0.6 is 0 Å². The molecule has 1 aromatic carbocycles. The summed E-state index contributed by atoms with van der Waals surface area (Å²) in [4.78, 5) is 8.68. The first kappa shape index (κ1) is 17.6. The Morgan fingerprint density at radius 3 is 1.92 bits per heavy atom. The first-order chi connectivity index (χ1) is 11.6. The Morgan fingerprint density at radius 2 is 1.38 bits per heavy atom. The standard InChI is InChI=1S/C18H28F2N4/c1-3-22-8-10-24(11-9-22)18-16(19)12-15(13-17(18)20)14-23-6-4-21(2)5-7-23/h12-13H,3-11,14H2,1-2H3. The highest BCUT2D eigenvalue weighted by Crippen LogP contribution is 2.26. The van der Waals surface area contributed by atoms with E-state index >= 15 is 0 Å². The van der Waals surface area contributed by atoms with Gasteiger partial charge >= 0.3 is 0 Å². The van der Waals surface area contributed by atoms with Crippen molar-refractivity contribution in [2.24, 2.45) is 0 Å². The van der Waals surface area contributed by atoms with E-state index in [1.807, 2.05) is 4.90 Å². The minimum Gasteiger partial charge on any atom is -0.364 e. The second kappa shape index (κ2) is 7.76. The zero-order valence-corrected chi connectivity index (χ0v) is 14.8. The molecule has 0 spiro atoms. The number of hydrogen-bond acceptors (Lipinski definition) is 4. The van der Waals surface area contributed by atoms with Crippen LogP contribution in [0.3, 0.4) is 0 Å². The average Bonchev–Trinajstić information content (AvgIpc) is 2.57. The third kappa shape index (κ3) is 4.05. The van der Waals surface area contributed by atoms with Gasteiger partial charge in [-0.05, 0) is 31.3 Å². The molecule has 0 aliphatic carbocycles. The van der Waals surface area contributed by atoms with E-state index in [9.17, 15) is 8.78 Å². The highest BCUT2D eigenvalue weighted by Gasteiger charge is 2.23. The lowest BCUT2D eigenvalue weighted by Crippen LogP contribution is -2.46. The SMILES string of the molecule is CCN1CCN(c2c(F)cc(CN3CCN(C)CC3)cc2F)CC1. The lowest BCUT2D eigenvalue weighted by atomic mass is 10.1. The van der Waals surface area contributed by atoms with Gasteiger partial charge in [0, 0.05) is 58.9 Å². The smallest absolute Gasteiger partial charge is 0.149 e. The summed E-state index contributed by atoms with van der Waals surface area (Å²) in [6.07, 6.45) is 0. The third-order valence-corrected chi connectivity index (χ3v) is 5.21. The van der Waals surface area contributed by atoms with Crippen LogP contribution < -0.4 is 4.90 Å². The molecule has 24 heavy (non-hydrogen) atoms. The molecule has 3 rings (SSSR count). The highest BCUT2D eigenvalue weighted by molar-refractivity contribution is 5.51. The summed E-state index contributed by atoms with van der Waals surface area (Å²) >= 11 is 0. The largest absolute Gasteiger partial charge is 0.364 e. The van der Waals surface area contributed by atoms with Crippen molar-refractivity contribution in [2.45, 2.75) is 13.5 Å². The van der Waals surface area contributed by atoms with Gasteiger partial charge < -0.3 is 14.7 Å². The first-order valence-electron chi connectivity index (χ1n) is 8.93. The van der Waals surface area contributed by atoms with Crippen LogP contribution in [-0.4, -0.2) is 80.7 Å². The monoisotopic (exact) mass is 338 g/mol. The molecule has 0 radical (unpaired) electrons. The van der Waals surface area contributed by atoms with Crippen molar-refractivity contribution in [3.63, 3.8) is 0 Å². The molecule has 134 valence electrons. The Balaban J connectivity index is 1.67. The quantitative estimate of drug-likeness (QED) is 0.831. The van der Waals surface area contributed by atoms with Crippen molar-refractivity contribution < 1.29 is 8.78 Å². The van der Waals surface area contributed by atoms with Crippen molar-refractivity contribution in [2.75, 3.05) is 70.9 Å². The van der Waals surface area contributed by atoms with E-state index in [1.54, 1.807) is 0 Å². The van der Waals surface area contributed by atoms with E-state index in [-0.39, 0.29) is 5.69 Å². The number of rotatable bonds is 4. The Morgan fingerprint density at radius 1 is 0.833 bits per heavy atom. The lowest BCUT2D eigenvalue weighted by Gasteiger charge is -2.36. The van der Waals surface area contributed by atoms with Crippen LogP contribution in [0.25, 0.3) is 0 Å². The second-order valence-corrected chi connectivity index (χ2v) is 6.91. The molecular formula is C18H28F2N4. The van der Waals surface area contributed by atoms with Gasteiger partial charge in [-0.1, -0.05) is 6.92 Å². The summed E-state index contributed by atoms with van der Waals surface area (Å²) in [5.41, 5.74) is 0.873. The van der Waals surface area contributed by atoms with Gasteiger partial charge in [-0.25, -0.2) is 8.78 Å². The van der Waals surface area contributed by atoms with E-state index in [0.717, 1.165) is 51.4 Å². The number of halogens is 2. The van der Waals surface area contributed by atoms with E-state index in [2.05, 4.69) is 28.7 Å². The molecule has 2 fully saturated rings. The van der Waals surface area contributed by atoms with Gasteiger partial charge in [0.25, 0.3) is 0 Å². The van der Waals surface area contributed by atoms with Gasteiger partial charge in [0.05, 0.1) is 0 Å². The molecule has 0 unspecified atom stereocenters. The lowest BCUT2D eigenvalue weighted by molar-refractivity contribution is 0.148. The fraction of sp³-hybridized carbons (Fsp3) is 0.667. The van der Waals surface area contributed by atoms with Crippen molar-refractivity contribution in [1.29, 1.82) is 0 Å². The fourth-order valence-electron chi connectivity index (χ4n) is 3.56. The molecular weight excluding hydrogens is 310 g/mol. The van der Waals surface area contributed by atoms with Gasteiger partial charge in [-0.15, -0.1) is 0 Å². The molecule has 2 aliphatic rings. The van der Waals surface area contributed by atoms with E-state index in [4.69, 9.17) is 0 Å². The molecule has 1 aromatic rings. The van der Waals surface area contributed by atoms with Crippen LogP contribution in [-0.2, 0) is 6.54 Å². The molecule has 4 nitrogen and oxygen atoms in total. The zero-order valence-electron chi connectivity index (χ0n) is 14.8. The van der Waals surface area contributed by atoms with Crippen LogP contribution in [0.5, 0.6) is 0 Å². The topological polar surface area (TPSA) is 13.0 Å². The summed E-state index contributed by atoms with van der Waals surface area (Å²) < 4.78 is 29.1. The number of piperazine rings is 2. The Labute approximate surface area is 143 Å². The maximum atomic E-state index is 14.6. The molecule has 0 amide bonds. The molecule has 0 aromatic heterocycles. The molecule has 2 saturated heterocycles. The van der Waals surface area contributed by atoms with Crippen molar-refractivity contribution in [3.05, 3.63) is 29.3 Å². The number of hydrogen-bond donors (Lipinski definition) is 0. The second-order valence-electron chi connectivity index (χ2n) is 6.91. The number of nitrogens with zero attached hydrogens (tertiary/aromatic N) is 4. The van der Waals surface area contributed by atoms with Crippen LogP contribution in [0.4, 0.5) is 14.5 Å². The molecule has 2 aliphatic heterocycles.